The lowest BCUT2D eigenvalue weighted by atomic mass is 10.1. The number of carbonyl (C=O) groups excluding carboxylic acids is 1. The minimum Gasteiger partial charge on any atom is -0.335 e. The number of rotatable bonds is 11. The van der Waals surface area contributed by atoms with Gasteiger partial charge in [0.1, 0.15) is 0 Å². The topological polar surface area (TPSA) is 75.5 Å². The summed E-state index contributed by atoms with van der Waals surface area (Å²) in [5.74, 6) is 0.410. The molecule has 1 heterocycles. The van der Waals surface area contributed by atoms with Crippen LogP contribution in [0, 0.1) is 11.8 Å². The van der Waals surface area contributed by atoms with Crippen molar-refractivity contribution < 1.29 is 13.2 Å². The first-order chi connectivity index (χ1) is 15.7. The number of likely N-dealkylation sites (N-methyl/N-ethyl adjacent to an activating group) is 1. The smallest absolute Gasteiger partial charge is 0.228 e. The molecule has 0 spiro atoms. The standard InChI is InChI=1S/C25H38N4O3S/c1-20(2)17-29-23(16-26-25(29)33(31,32)19-21-10-6-5-7-11-21)18-28(15-14-27(3)4)24(30)22-12-8-9-13-22/h5-7,10-11,16,20,22H,8-9,12-15,17-19H2,1-4H3. The lowest BCUT2D eigenvalue weighted by molar-refractivity contribution is -0.136. The number of imidazole rings is 1. The number of carbonyl (C=O) groups is 1. The van der Waals surface area contributed by atoms with Gasteiger partial charge in [-0.1, -0.05) is 57.0 Å². The largest absolute Gasteiger partial charge is 0.335 e. The molecule has 0 aliphatic heterocycles. The number of amides is 1. The average Bonchev–Trinajstić information content (AvgIpc) is 3.41. The van der Waals surface area contributed by atoms with Crippen molar-refractivity contribution in [2.45, 2.75) is 63.5 Å². The second-order valence-corrected chi connectivity index (χ2v) is 11.7. The van der Waals surface area contributed by atoms with Gasteiger partial charge in [-0.3, -0.25) is 4.79 Å². The van der Waals surface area contributed by atoms with E-state index in [0.29, 0.717) is 19.6 Å². The number of benzene rings is 1. The molecule has 0 bridgehead atoms. The zero-order valence-corrected chi connectivity index (χ0v) is 21.2. The molecular weight excluding hydrogens is 436 g/mol. The molecule has 0 N–H and O–H groups in total. The number of sulfone groups is 1. The first-order valence-electron chi connectivity index (χ1n) is 11.9. The molecule has 0 saturated heterocycles. The van der Waals surface area contributed by atoms with E-state index < -0.39 is 9.84 Å². The van der Waals surface area contributed by atoms with E-state index in [0.717, 1.165) is 43.5 Å². The zero-order chi connectivity index (χ0) is 24.0. The summed E-state index contributed by atoms with van der Waals surface area (Å²) in [6.07, 6.45) is 5.74. The van der Waals surface area contributed by atoms with Gasteiger partial charge in [0.2, 0.25) is 20.9 Å². The zero-order valence-electron chi connectivity index (χ0n) is 20.4. The molecule has 33 heavy (non-hydrogen) atoms. The first kappa shape index (κ1) is 25.4. The van der Waals surface area contributed by atoms with Crippen LogP contribution < -0.4 is 0 Å². The van der Waals surface area contributed by atoms with E-state index in [1.807, 2.05) is 53.9 Å². The van der Waals surface area contributed by atoms with Crippen LogP contribution in [-0.4, -0.2) is 60.9 Å². The first-order valence-corrected chi connectivity index (χ1v) is 13.6. The monoisotopic (exact) mass is 474 g/mol. The Morgan fingerprint density at radius 1 is 1.12 bits per heavy atom. The maximum absolute atomic E-state index is 13.3. The van der Waals surface area contributed by atoms with Crippen molar-refractivity contribution in [2.75, 3.05) is 27.2 Å². The molecule has 3 rings (SSSR count). The molecule has 7 nitrogen and oxygen atoms in total. The van der Waals surface area contributed by atoms with Crippen molar-refractivity contribution in [1.82, 2.24) is 19.4 Å². The lowest BCUT2D eigenvalue weighted by Gasteiger charge is -2.28. The predicted molar refractivity (Wildman–Crippen MR) is 130 cm³/mol. The molecule has 8 heteroatoms. The maximum atomic E-state index is 13.3. The van der Waals surface area contributed by atoms with Crippen LogP contribution in [0.1, 0.15) is 50.8 Å². The fourth-order valence-corrected chi connectivity index (χ4v) is 5.90. The Labute approximate surface area is 198 Å². The maximum Gasteiger partial charge on any atom is 0.228 e. The number of nitrogens with zero attached hydrogens (tertiary/aromatic N) is 4. The summed E-state index contributed by atoms with van der Waals surface area (Å²) in [6, 6.07) is 9.19. The highest BCUT2D eigenvalue weighted by Gasteiger charge is 2.30. The van der Waals surface area contributed by atoms with Gasteiger partial charge in [0.15, 0.2) is 0 Å². The van der Waals surface area contributed by atoms with Gasteiger partial charge in [-0.25, -0.2) is 13.4 Å². The second kappa shape index (κ2) is 11.3. The van der Waals surface area contributed by atoms with E-state index in [-0.39, 0.29) is 28.7 Å². The quantitative estimate of drug-likeness (QED) is 0.497. The molecule has 1 aliphatic rings. The Kier molecular flexibility index (Phi) is 8.70. The van der Waals surface area contributed by atoms with Gasteiger partial charge in [0, 0.05) is 25.6 Å². The van der Waals surface area contributed by atoms with Crippen molar-refractivity contribution in [3.05, 3.63) is 47.8 Å². The molecule has 182 valence electrons. The van der Waals surface area contributed by atoms with Gasteiger partial charge in [0.05, 0.1) is 24.2 Å². The Balaban J connectivity index is 1.90. The summed E-state index contributed by atoms with van der Waals surface area (Å²) < 4.78 is 28.4. The van der Waals surface area contributed by atoms with Gasteiger partial charge in [-0.05, 0) is 38.4 Å². The Hall–Kier alpha value is -2.19. The van der Waals surface area contributed by atoms with Crippen LogP contribution in [0.25, 0.3) is 0 Å². The van der Waals surface area contributed by atoms with E-state index >= 15 is 0 Å². The molecule has 1 amide bonds. The third-order valence-corrected chi connectivity index (χ3v) is 7.71. The highest BCUT2D eigenvalue weighted by molar-refractivity contribution is 7.90. The van der Waals surface area contributed by atoms with Crippen LogP contribution in [0.5, 0.6) is 0 Å². The van der Waals surface area contributed by atoms with Crippen LogP contribution in [-0.2, 0) is 33.5 Å². The molecule has 1 aromatic heterocycles. The fourth-order valence-electron chi connectivity index (χ4n) is 4.40. The predicted octanol–water partition coefficient (Wildman–Crippen LogP) is 3.59. The van der Waals surface area contributed by atoms with Gasteiger partial charge in [-0.2, -0.15) is 0 Å². The average molecular weight is 475 g/mol. The SMILES string of the molecule is CC(C)Cn1c(CN(CCN(C)C)C(=O)C2CCCC2)cnc1S(=O)(=O)Cc1ccccc1. The van der Waals surface area contributed by atoms with Gasteiger partial charge in [0.25, 0.3) is 0 Å². The van der Waals surface area contributed by atoms with Crippen LogP contribution in [0.4, 0.5) is 0 Å². The van der Waals surface area contributed by atoms with E-state index in [4.69, 9.17) is 0 Å². The number of hydrogen-bond acceptors (Lipinski definition) is 5. The highest BCUT2D eigenvalue weighted by atomic mass is 32.2. The van der Waals surface area contributed by atoms with Crippen LogP contribution in [0.15, 0.2) is 41.7 Å². The molecular formula is C25H38N4O3S. The summed E-state index contributed by atoms with van der Waals surface area (Å²) >= 11 is 0. The summed E-state index contributed by atoms with van der Waals surface area (Å²) in [7, 11) is 0.365. The van der Waals surface area contributed by atoms with E-state index in [2.05, 4.69) is 23.7 Å². The third-order valence-electron chi connectivity index (χ3n) is 6.11. The van der Waals surface area contributed by atoms with E-state index in [1.165, 1.54) is 0 Å². The van der Waals surface area contributed by atoms with Crippen molar-refractivity contribution in [3.63, 3.8) is 0 Å². The molecule has 0 unspecified atom stereocenters. The molecule has 0 radical (unpaired) electrons. The minimum atomic E-state index is -3.63. The van der Waals surface area contributed by atoms with Crippen LogP contribution >= 0.6 is 0 Å². The van der Waals surface area contributed by atoms with E-state index in [1.54, 1.807) is 6.20 Å². The number of aromatic nitrogens is 2. The van der Waals surface area contributed by atoms with Gasteiger partial charge in [-0.15, -0.1) is 0 Å². The van der Waals surface area contributed by atoms with Crippen molar-refractivity contribution >= 4 is 15.7 Å². The van der Waals surface area contributed by atoms with E-state index in [9.17, 15) is 13.2 Å². The number of hydrogen-bond donors (Lipinski definition) is 0. The molecule has 1 aliphatic carbocycles. The highest BCUT2D eigenvalue weighted by Crippen LogP contribution is 2.28. The Bertz CT molecular complexity index is 1010. The second-order valence-electron chi connectivity index (χ2n) is 9.83. The van der Waals surface area contributed by atoms with Crippen molar-refractivity contribution in [2.24, 2.45) is 11.8 Å². The molecule has 2 aromatic rings. The van der Waals surface area contributed by atoms with Crippen LogP contribution in [0.2, 0.25) is 0 Å². The van der Waals surface area contributed by atoms with Crippen molar-refractivity contribution in [1.29, 1.82) is 0 Å². The normalized spacial score (nSPS) is 15.0. The van der Waals surface area contributed by atoms with Crippen molar-refractivity contribution in [3.8, 4) is 0 Å². The van der Waals surface area contributed by atoms with Gasteiger partial charge >= 0.3 is 0 Å². The third kappa shape index (κ3) is 6.90. The van der Waals surface area contributed by atoms with Gasteiger partial charge < -0.3 is 14.4 Å². The molecule has 1 aromatic carbocycles. The Morgan fingerprint density at radius 2 is 1.79 bits per heavy atom. The summed E-state index contributed by atoms with van der Waals surface area (Å²) in [5.41, 5.74) is 1.52. The molecule has 1 fully saturated rings. The molecule has 1 saturated carbocycles. The molecule has 0 atom stereocenters. The lowest BCUT2D eigenvalue weighted by Crippen LogP contribution is -2.39. The minimum absolute atomic E-state index is 0.0786. The summed E-state index contributed by atoms with van der Waals surface area (Å²) in [5, 5.41) is 0.0935. The fraction of sp³-hybridized carbons (Fsp3) is 0.600. The Morgan fingerprint density at radius 3 is 2.39 bits per heavy atom. The van der Waals surface area contributed by atoms with Crippen LogP contribution in [0.3, 0.4) is 0 Å². The summed E-state index contributed by atoms with van der Waals surface area (Å²) in [4.78, 5) is 21.6. The summed E-state index contributed by atoms with van der Waals surface area (Å²) in [6.45, 7) is 6.41.